The molecule has 14 heavy (non-hydrogen) atoms. The smallest absolute Gasteiger partial charge is 0.0184 e. The van der Waals surface area contributed by atoms with Gasteiger partial charge >= 0.3 is 0 Å². The highest BCUT2D eigenvalue weighted by Gasteiger charge is 1.91. The third-order valence-electron chi connectivity index (χ3n) is 1.88. The van der Waals surface area contributed by atoms with Gasteiger partial charge in [-0.05, 0) is 11.1 Å². The minimum absolute atomic E-state index is 0. The van der Waals surface area contributed by atoms with E-state index in [-0.39, 0.29) is 11.6 Å². The summed E-state index contributed by atoms with van der Waals surface area (Å²) in [5, 5.41) is 0. The molecule has 0 aromatic heterocycles. The highest BCUT2D eigenvalue weighted by Crippen LogP contribution is 2.17. The van der Waals surface area contributed by atoms with Crippen molar-refractivity contribution in [1.82, 2.24) is 6.15 Å². The molecule has 2 heteroatoms. The fourth-order valence-corrected chi connectivity index (χ4v) is 1.26. The van der Waals surface area contributed by atoms with Crippen molar-refractivity contribution < 1.29 is 5.48 Å². The fraction of sp³-hybridized carbons (Fsp3) is 0. The van der Waals surface area contributed by atoms with E-state index in [2.05, 4.69) is 48.5 Å². The van der Waals surface area contributed by atoms with Gasteiger partial charge < -0.3 is 11.6 Å². The van der Waals surface area contributed by atoms with E-state index in [0.29, 0.717) is 0 Å². The molecule has 0 aliphatic carbocycles. The highest BCUT2D eigenvalue weighted by molar-refractivity contribution is 5.62. The first-order valence-electron chi connectivity index (χ1n) is 4.07. The van der Waals surface area contributed by atoms with Crippen LogP contribution in [0.3, 0.4) is 0 Å². The molecule has 0 aliphatic rings. The SMILES string of the molecule is N.O.c1ccc(-c2ccccc2)cc1. The first kappa shape index (κ1) is 12.4. The molecule has 2 rings (SSSR count). The predicted molar refractivity (Wildman–Crippen MR) is 60.5 cm³/mol. The summed E-state index contributed by atoms with van der Waals surface area (Å²) in [5.41, 5.74) is 2.55. The van der Waals surface area contributed by atoms with Crippen LogP contribution in [0.25, 0.3) is 11.1 Å². The summed E-state index contributed by atoms with van der Waals surface area (Å²) >= 11 is 0. The van der Waals surface area contributed by atoms with Gasteiger partial charge in [-0.3, -0.25) is 0 Å². The van der Waals surface area contributed by atoms with Crippen LogP contribution in [0, 0.1) is 0 Å². The van der Waals surface area contributed by atoms with Crippen LogP contribution in [0.4, 0.5) is 0 Å². The Morgan fingerprint density at radius 3 is 1.07 bits per heavy atom. The molecular formula is C12H15NO. The average Bonchev–Trinajstić information content (AvgIpc) is 2.21. The van der Waals surface area contributed by atoms with Crippen LogP contribution >= 0.6 is 0 Å². The van der Waals surface area contributed by atoms with Crippen LogP contribution in [-0.2, 0) is 0 Å². The van der Waals surface area contributed by atoms with Crippen LogP contribution in [0.1, 0.15) is 0 Å². The lowest BCUT2D eigenvalue weighted by molar-refractivity contribution is 0.824. The van der Waals surface area contributed by atoms with E-state index in [1.807, 2.05) is 12.1 Å². The van der Waals surface area contributed by atoms with Crippen molar-refractivity contribution >= 4 is 0 Å². The number of hydrogen-bond acceptors (Lipinski definition) is 1. The van der Waals surface area contributed by atoms with Gasteiger partial charge in [-0.25, -0.2) is 0 Å². The van der Waals surface area contributed by atoms with Gasteiger partial charge in [-0.2, -0.15) is 0 Å². The van der Waals surface area contributed by atoms with E-state index in [0.717, 1.165) is 0 Å². The molecule has 0 saturated carbocycles. The summed E-state index contributed by atoms with van der Waals surface area (Å²) < 4.78 is 0. The van der Waals surface area contributed by atoms with Gasteiger partial charge in [-0.15, -0.1) is 0 Å². The lowest BCUT2D eigenvalue weighted by Crippen LogP contribution is -1.73. The van der Waals surface area contributed by atoms with Crippen molar-refractivity contribution in [1.29, 1.82) is 0 Å². The van der Waals surface area contributed by atoms with Crippen molar-refractivity contribution in [2.75, 3.05) is 0 Å². The standard InChI is InChI=1S/C12H10.H3N.H2O/c1-3-7-11(8-4-1)12-9-5-2-6-10-12;;/h1-10H;1H3;1H2. The lowest BCUT2D eigenvalue weighted by atomic mass is 10.1. The van der Waals surface area contributed by atoms with Crippen LogP contribution in [0.5, 0.6) is 0 Å². The molecule has 0 aliphatic heterocycles. The Bertz CT molecular complexity index is 308. The molecule has 0 fully saturated rings. The second-order valence-corrected chi connectivity index (χ2v) is 2.73. The molecule has 0 bridgehead atoms. The largest absolute Gasteiger partial charge is 0.412 e. The third-order valence-corrected chi connectivity index (χ3v) is 1.88. The molecule has 74 valence electrons. The first-order chi connectivity index (χ1) is 5.97. The molecule has 0 spiro atoms. The maximum atomic E-state index is 2.12. The van der Waals surface area contributed by atoms with Crippen LogP contribution in [-0.4, -0.2) is 5.48 Å². The van der Waals surface area contributed by atoms with Gasteiger partial charge in [-0.1, -0.05) is 60.7 Å². The molecule has 2 nitrogen and oxygen atoms in total. The highest BCUT2D eigenvalue weighted by atomic mass is 16.0. The summed E-state index contributed by atoms with van der Waals surface area (Å²) in [5.74, 6) is 0. The number of rotatable bonds is 1. The maximum Gasteiger partial charge on any atom is -0.0184 e. The topological polar surface area (TPSA) is 66.5 Å². The van der Waals surface area contributed by atoms with Gasteiger partial charge in [0.05, 0.1) is 0 Å². The van der Waals surface area contributed by atoms with Crippen molar-refractivity contribution in [2.24, 2.45) is 0 Å². The summed E-state index contributed by atoms with van der Waals surface area (Å²) in [4.78, 5) is 0. The van der Waals surface area contributed by atoms with E-state index >= 15 is 0 Å². The maximum absolute atomic E-state index is 2.12. The fourth-order valence-electron chi connectivity index (χ4n) is 1.26. The van der Waals surface area contributed by atoms with Crippen molar-refractivity contribution in [3.63, 3.8) is 0 Å². The Labute approximate surface area is 84.1 Å². The first-order valence-corrected chi connectivity index (χ1v) is 4.07. The Balaban J connectivity index is 0.000000845. The Hall–Kier alpha value is -1.64. The van der Waals surface area contributed by atoms with Gasteiger partial charge in [0.1, 0.15) is 0 Å². The zero-order valence-corrected chi connectivity index (χ0v) is 7.98. The minimum Gasteiger partial charge on any atom is -0.412 e. The Kier molecular flexibility index (Phi) is 5.22. The van der Waals surface area contributed by atoms with E-state index in [1.54, 1.807) is 0 Å². The zero-order valence-electron chi connectivity index (χ0n) is 7.98. The van der Waals surface area contributed by atoms with Crippen molar-refractivity contribution in [2.45, 2.75) is 0 Å². The van der Waals surface area contributed by atoms with Crippen molar-refractivity contribution in [3.8, 4) is 11.1 Å². The molecule has 2 aromatic carbocycles. The van der Waals surface area contributed by atoms with Crippen LogP contribution < -0.4 is 6.15 Å². The quantitative estimate of drug-likeness (QED) is 0.736. The third kappa shape index (κ3) is 2.69. The second-order valence-electron chi connectivity index (χ2n) is 2.73. The summed E-state index contributed by atoms with van der Waals surface area (Å²) in [6.45, 7) is 0. The Morgan fingerprint density at radius 1 is 0.500 bits per heavy atom. The molecule has 0 amide bonds. The molecule has 2 aromatic rings. The molecule has 0 unspecified atom stereocenters. The molecule has 0 radical (unpaired) electrons. The van der Waals surface area contributed by atoms with Gasteiger partial charge in [0, 0.05) is 0 Å². The van der Waals surface area contributed by atoms with E-state index in [4.69, 9.17) is 0 Å². The van der Waals surface area contributed by atoms with Crippen molar-refractivity contribution in [3.05, 3.63) is 60.7 Å². The van der Waals surface area contributed by atoms with E-state index in [1.165, 1.54) is 11.1 Å². The van der Waals surface area contributed by atoms with E-state index < -0.39 is 0 Å². The minimum atomic E-state index is 0. The van der Waals surface area contributed by atoms with Crippen LogP contribution in [0.15, 0.2) is 60.7 Å². The zero-order chi connectivity index (χ0) is 8.23. The number of benzene rings is 2. The average molecular weight is 189 g/mol. The van der Waals surface area contributed by atoms with E-state index in [9.17, 15) is 0 Å². The lowest BCUT2D eigenvalue weighted by Gasteiger charge is -1.98. The Morgan fingerprint density at radius 2 is 0.786 bits per heavy atom. The predicted octanol–water partition coefficient (Wildman–Crippen LogP) is 2.69. The second kappa shape index (κ2) is 5.91. The summed E-state index contributed by atoms with van der Waals surface area (Å²) in [6, 6.07) is 20.8. The monoisotopic (exact) mass is 189 g/mol. The molecule has 0 atom stereocenters. The molecule has 5 N–H and O–H groups in total. The molecular weight excluding hydrogens is 174 g/mol. The van der Waals surface area contributed by atoms with Gasteiger partial charge in [0.25, 0.3) is 0 Å². The van der Waals surface area contributed by atoms with Gasteiger partial charge in [0.2, 0.25) is 0 Å². The molecule has 0 saturated heterocycles. The van der Waals surface area contributed by atoms with Gasteiger partial charge in [0.15, 0.2) is 0 Å². The normalized spacial score (nSPS) is 8.29. The summed E-state index contributed by atoms with van der Waals surface area (Å²) in [6.07, 6.45) is 0. The molecule has 0 heterocycles. The number of hydrogen-bond donors (Lipinski definition) is 1. The summed E-state index contributed by atoms with van der Waals surface area (Å²) in [7, 11) is 0. The van der Waals surface area contributed by atoms with Crippen LogP contribution in [0.2, 0.25) is 0 Å².